The van der Waals surface area contributed by atoms with Gasteiger partial charge in [-0.15, -0.1) is 0 Å². The monoisotopic (exact) mass is 310 g/mol. The summed E-state index contributed by atoms with van der Waals surface area (Å²) in [7, 11) is -9.43. The first-order valence-corrected chi connectivity index (χ1v) is 8.71. The summed E-state index contributed by atoms with van der Waals surface area (Å²) in [6.45, 7) is 2.95. The van der Waals surface area contributed by atoms with Crippen LogP contribution >= 0.6 is 15.2 Å². The molecule has 1 aromatic rings. The molecule has 108 valence electrons. The molecule has 0 saturated carbocycles. The van der Waals surface area contributed by atoms with Crippen LogP contribution < -0.4 is 5.32 Å². The van der Waals surface area contributed by atoms with Gasteiger partial charge in [0.15, 0.2) is 0 Å². The van der Waals surface area contributed by atoms with E-state index in [2.05, 4.69) is 14.8 Å². The van der Waals surface area contributed by atoms with Gasteiger partial charge < -0.3 is 24.5 Å². The Bertz CT molecular complexity index is 531. The molecule has 0 bridgehead atoms. The number of aryl methyl sites for hydroxylation is 1. The summed E-state index contributed by atoms with van der Waals surface area (Å²) < 4.78 is 27.7. The number of pyridine rings is 1. The molecule has 0 amide bonds. The van der Waals surface area contributed by atoms with Crippen LogP contribution in [-0.2, 0) is 13.7 Å². The van der Waals surface area contributed by atoms with E-state index in [9.17, 15) is 23.8 Å². The minimum Gasteiger partial charge on any atom is -0.346 e. The third-order valence-electron chi connectivity index (χ3n) is 2.22. The largest absolute Gasteiger partial charge is 0.362 e. The highest BCUT2D eigenvalue weighted by Crippen LogP contribution is 2.62. The van der Waals surface area contributed by atoms with Crippen molar-refractivity contribution in [2.75, 3.05) is 11.9 Å². The molecule has 19 heavy (non-hydrogen) atoms. The van der Waals surface area contributed by atoms with E-state index in [-0.39, 0.29) is 12.4 Å². The van der Waals surface area contributed by atoms with Crippen molar-refractivity contribution < 1.29 is 28.3 Å². The van der Waals surface area contributed by atoms with Crippen molar-refractivity contribution in [2.24, 2.45) is 0 Å². The predicted molar refractivity (Wildman–Crippen MR) is 69.9 cm³/mol. The summed E-state index contributed by atoms with van der Waals surface area (Å²) >= 11 is 0. The second-order valence-electron chi connectivity index (χ2n) is 3.76. The van der Waals surface area contributed by atoms with Gasteiger partial charge in [0.05, 0.1) is 6.61 Å². The summed E-state index contributed by atoms with van der Waals surface area (Å²) in [5.41, 5.74) is -1.47. The zero-order valence-electron chi connectivity index (χ0n) is 10.4. The highest BCUT2D eigenvalue weighted by atomic mass is 31.2. The fourth-order valence-corrected chi connectivity index (χ4v) is 4.18. The number of nitrogens with one attached hydrogen (secondary N) is 1. The van der Waals surface area contributed by atoms with Gasteiger partial charge in [-0.3, -0.25) is 9.13 Å². The molecule has 0 aliphatic rings. The lowest BCUT2D eigenvalue weighted by Gasteiger charge is -2.24. The Hall–Kier alpha value is -0.750. The summed E-state index contributed by atoms with van der Waals surface area (Å²) in [4.78, 5) is 31.9. The Balaban J connectivity index is 3.11. The molecule has 0 fully saturated rings. The fourth-order valence-electron chi connectivity index (χ4n) is 1.37. The van der Waals surface area contributed by atoms with Gasteiger partial charge in [-0.05, 0) is 25.5 Å². The molecule has 0 spiro atoms. The molecule has 8 nitrogen and oxygen atoms in total. The highest BCUT2D eigenvalue weighted by molar-refractivity contribution is 7.71. The Morgan fingerprint density at radius 2 is 2.05 bits per heavy atom. The molecule has 0 aromatic carbocycles. The molecule has 2 unspecified atom stereocenters. The SMILES string of the molecule is CCOP(=O)(O)C(Nc1ncccc1C)P(=O)(O)O. The van der Waals surface area contributed by atoms with Crippen LogP contribution in [0.2, 0.25) is 0 Å². The molecule has 4 N–H and O–H groups in total. The predicted octanol–water partition coefficient (Wildman–Crippen LogP) is 1.49. The van der Waals surface area contributed by atoms with Crippen molar-refractivity contribution in [1.82, 2.24) is 4.98 Å². The second-order valence-corrected chi connectivity index (χ2v) is 7.76. The third kappa shape index (κ3) is 4.38. The standard InChI is InChI=1S/C9H16N2O6P2/c1-3-17-19(15,16)9(18(12,13)14)11-8-7(2)5-4-6-10-8/h4-6,9H,3H2,1-2H3,(H,10,11)(H,15,16)(H2,12,13,14). The van der Waals surface area contributed by atoms with E-state index >= 15 is 0 Å². The van der Waals surface area contributed by atoms with E-state index in [0.717, 1.165) is 0 Å². The molecule has 1 heterocycles. The second kappa shape index (κ2) is 6.13. The first-order chi connectivity index (χ1) is 8.68. The molecule has 0 aliphatic heterocycles. The molecule has 0 radical (unpaired) electrons. The summed E-state index contributed by atoms with van der Waals surface area (Å²) in [5.74, 6) is 0.116. The Morgan fingerprint density at radius 3 is 2.53 bits per heavy atom. The van der Waals surface area contributed by atoms with Gasteiger partial charge in [-0.1, -0.05) is 6.07 Å². The maximum absolute atomic E-state index is 11.8. The minimum atomic E-state index is -4.90. The van der Waals surface area contributed by atoms with Crippen LogP contribution in [0.15, 0.2) is 18.3 Å². The number of aromatic nitrogens is 1. The Morgan fingerprint density at radius 1 is 1.42 bits per heavy atom. The van der Waals surface area contributed by atoms with Crippen LogP contribution in [0.3, 0.4) is 0 Å². The van der Waals surface area contributed by atoms with E-state index in [0.29, 0.717) is 5.56 Å². The smallest absolute Gasteiger partial charge is 0.346 e. The summed E-state index contributed by atoms with van der Waals surface area (Å²) in [6, 6.07) is 3.28. The van der Waals surface area contributed by atoms with Gasteiger partial charge in [0.25, 0.3) is 0 Å². The number of nitrogens with zero attached hydrogens (tertiary/aromatic N) is 1. The lowest BCUT2D eigenvalue weighted by atomic mass is 10.3. The van der Waals surface area contributed by atoms with Crippen LogP contribution in [0.5, 0.6) is 0 Å². The molecule has 10 heteroatoms. The third-order valence-corrected chi connectivity index (χ3v) is 6.14. The van der Waals surface area contributed by atoms with E-state index in [1.807, 2.05) is 0 Å². The van der Waals surface area contributed by atoms with Crippen LogP contribution in [0.25, 0.3) is 0 Å². The van der Waals surface area contributed by atoms with Gasteiger partial charge in [-0.2, -0.15) is 0 Å². The molecule has 1 aromatic heterocycles. The maximum atomic E-state index is 11.8. The number of anilines is 1. The van der Waals surface area contributed by atoms with Gasteiger partial charge in [-0.25, -0.2) is 4.98 Å². The highest BCUT2D eigenvalue weighted by Gasteiger charge is 2.46. The molecule has 0 aliphatic carbocycles. The molecular formula is C9H16N2O6P2. The molecule has 2 atom stereocenters. The van der Waals surface area contributed by atoms with Gasteiger partial charge in [0, 0.05) is 6.20 Å². The van der Waals surface area contributed by atoms with Crippen LogP contribution in [0.1, 0.15) is 12.5 Å². The fraction of sp³-hybridized carbons (Fsp3) is 0.444. The van der Waals surface area contributed by atoms with E-state index in [1.165, 1.54) is 13.1 Å². The van der Waals surface area contributed by atoms with Crippen LogP contribution in [0.4, 0.5) is 5.82 Å². The van der Waals surface area contributed by atoms with Crippen molar-refractivity contribution >= 4 is 21.0 Å². The first kappa shape index (κ1) is 16.3. The van der Waals surface area contributed by atoms with Crippen LogP contribution in [0, 0.1) is 6.92 Å². The van der Waals surface area contributed by atoms with Gasteiger partial charge in [0.2, 0.25) is 5.52 Å². The zero-order valence-corrected chi connectivity index (χ0v) is 12.2. The number of rotatable bonds is 6. The van der Waals surface area contributed by atoms with Gasteiger partial charge >= 0.3 is 15.2 Å². The van der Waals surface area contributed by atoms with Crippen LogP contribution in [-0.4, -0.2) is 31.8 Å². The summed E-state index contributed by atoms with van der Waals surface area (Å²) in [5, 5.41) is 2.30. The van der Waals surface area contributed by atoms with Crippen molar-refractivity contribution in [3.8, 4) is 0 Å². The average molecular weight is 310 g/mol. The van der Waals surface area contributed by atoms with E-state index in [1.54, 1.807) is 19.1 Å². The summed E-state index contributed by atoms with van der Waals surface area (Å²) in [6.07, 6.45) is 1.40. The van der Waals surface area contributed by atoms with Crippen molar-refractivity contribution in [2.45, 2.75) is 19.4 Å². The molecular weight excluding hydrogens is 294 g/mol. The first-order valence-electron chi connectivity index (χ1n) is 5.39. The zero-order chi connectivity index (χ0) is 14.7. The van der Waals surface area contributed by atoms with Crippen molar-refractivity contribution in [3.63, 3.8) is 0 Å². The lowest BCUT2D eigenvalue weighted by Crippen LogP contribution is -2.22. The topological polar surface area (TPSA) is 129 Å². The lowest BCUT2D eigenvalue weighted by molar-refractivity contribution is 0.267. The quantitative estimate of drug-likeness (QED) is 0.581. The van der Waals surface area contributed by atoms with Crippen molar-refractivity contribution in [1.29, 1.82) is 0 Å². The minimum absolute atomic E-state index is 0.116. The maximum Gasteiger partial charge on any atom is 0.362 e. The molecule has 0 saturated heterocycles. The normalized spacial score (nSPS) is 16.7. The Kier molecular flexibility index (Phi) is 5.26. The van der Waals surface area contributed by atoms with Crippen molar-refractivity contribution in [3.05, 3.63) is 23.9 Å². The Labute approximate surface area is 110 Å². The van der Waals surface area contributed by atoms with Gasteiger partial charge in [0.1, 0.15) is 5.82 Å². The van der Waals surface area contributed by atoms with E-state index < -0.39 is 20.7 Å². The number of hydrogen-bond donors (Lipinski definition) is 4. The van der Waals surface area contributed by atoms with E-state index in [4.69, 9.17) is 0 Å². The number of hydrogen-bond acceptors (Lipinski definition) is 5. The average Bonchev–Trinajstić information content (AvgIpc) is 2.25. The molecule has 1 rings (SSSR count).